The number of nitrogens with one attached hydrogen (secondary N) is 1. The topological polar surface area (TPSA) is 64.1 Å². The van der Waals surface area contributed by atoms with Crippen LogP contribution in [0, 0.1) is 6.92 Å². The van der Waals surface area contributed by atoms with E-state index in [0.29, 0.717) is 0 Å². The molecule has 1 rings (SSSR count). The molecular formula is C8H12BrN3. The van der Waals surface area contributed by atoms with Gasteiger partial charge in [0.1, 0.15) is 0 Å². The highest BCUT2D eigenvalue weighted by Gasteiger charge is 2.06. The fourth-order valence-electron chi connectivity index (χ4n) is 1.04. The number of hydrogen-bond acceptors (Lipinski definition) is 3. The lowest BCUT2D eigenvalue weighted by Gasteiger charge is -2.13. The number of halogens is 1. The molecule has 3 nitrogen and oxygen atoms in total. The van der Waals surface area contributed by atoms with Crippen LogP contribution in [0.15, 0.2) is 22.7 Å². The number of aryl methyl sites for hydroxylation is 1. The molecule has 0 bridgehead atoms. The molecule has 1 unspecified atom stereocenters. The van der Waals surface area contributed by atoms with Gasteiger partial charge in [0.05, 0.1) is 6.17 Å². The Bertz CT molecular complexity index is 275. The molecule has 1 aromatic rings. The molecule has 0 saturated carbocycles. The van der Waals surface area contributed by atoms with Crippen LogP contribution in [-0.2, 0) is 0 Å². The van der Waals surface area contributed by atoms with Crippen LogP contribution in [0.25, 0.3) is 0 Å². The Labute approximate surface area is 80.2 Å². The maximum absolute atomic E-state index is 5.71. The maximum atomic E-state index is 5.71. The van der Waals surface area contributed by atoms with Gasteiger partial charge in [0, 0.05) is 4.47 Å². The molecule has 4 heteroatoms. The summed E-state index contributed by atoms with van der Waals surface area (Å²) in [6.45, 7) is 2.00. The monoisotopic (exact) mass is 229 g/mol. The molecular weight excluding hydrogens is 218 g/mol. The fraction of sp³-hybridized carbons (Fsp3) is 0.250. The Morgan fingerprint density at radius 3 is 2.75 bits per heavy atom. The Balaban J connectivity index is 3.04. The van der Waals surface area contributed by atoms with Gasteiger partial charge in [-0.15, -0.1) is 0 Å². The first-order valence-electron chi connectivity index (χ1n) is 3.63. The first-order chi connectivity index (χ1) is 5.65. The summed E-state index contributed by atoms with van der Waals surface area (Å²) in [7, 11) is 0. The molecule has 0 aliphatic carbocycles. The second-order valence-electron chi connectivity index (χ2n) is 2.65. The molecule has 66 valence electrons. The summed E-state index contributed by atoms with van der Waals surface area (Å²) in [4.78, 5) is 0. The summed E-state index contributed by atoms with van der Waals surface area (Å²) in [5.41, 5.74) is 10.3. The molecule has 1 atom stereocenters. The second kappa shape index (κ2) is 4.00. The lowest BCUT2D eigenvalue weighted by Crippen LogP contribution is -2.34. The standard InChI is InChI=1S/C8H12BrN3/c1-5-2-3-6(9)4-7(5)8(10)12-11/h2-4,8,12H,10-11H2,1H3. The predicted octanol–water partition coefficient (Wildman–Crippen LogP) is 1.18. The van der Waals surface area contributed by atoms with Crippen LogP contribution in [-0.4, -0.2) is 0 Å². The molecule has 0 saturated heterocycles. The van der Waals surface area contributed by atoms with Crippen LogP contribution in [0.5, 0.6) is 0 Å². The Hall–Kier alpha value is -0.420. The zero-order valence-electron chi connectivity index (χ0n) is 6.84. The largest absolute Gasteiger partial charge is 0.311 e. The predicted molar refractivity (Wildman–Crippen MR) is 53.1 cm³/mol. The van der Waals surface area contributed by atoms with E-state index in [0.717, 1.165) is 15.6 Å². The zero-order chi connectivity index (χ0) is 9.14. The SMILES string of the molecule is Cc1ccc(Br)cc1C(N)NN. The van der Waals surface area contributed by atoms with Gasteiger partial charge in [-0.2, -0.15) is 0 Å². The lowest BCUT2D eigenvalue weighted by atomic mass is 10.1. The minimum atomic E-state index is -0.303. The maximum Gasteiger partial charge on any atom is 0.0938 e. The van der Waals surface area contributed by atoms with E-state index in [4.69, 9.17) is 11.6 Å². The van der Waals surface area contributed by atoms with Gasteiger partial charge in [0.2, 0.25) is 0 Å². The van der Waals surface area contributed by atoms with E-state index >= 15 is 0 Å². The summed E-state index contributed by atoms with van der Waals surface area (Å²) < 4.78 is 1.01. The molecule has 0 spiro atoms. The van der Waals surface area contributed by atoms with E-state index in [1.807, 2.05) is 25.1 Å². The molecule has 0 fully saturated rings. The first-order valence-corrected chi connectivity index (χ1v) is 4.42. The summed E-state index contributed by atoms with van der Waals surface area (Å²) in [6.07, 6.45) is -0.303. The van der Waals surface area contributed by atoms with Crippen molar-refractivity contribution in [1.29, 1.82) is 0 Å². The van der Waals surface area contributed by atoms with Gasteiger partial charge in [-0.25, -0.2) is 5.43 Å². The van der Waals surface area contributed by atoms with E-state index in [1.54, 1.807) is 0 Å². The average molecular weight is 230 g/mol. The van der Waals surface area contributed by atoms with Crippen molar-refractivity contribution >= 4 is 15.9 Å². The Kier molecular flexibility index (Phi) is 3.22. The molecule has 0 amide bonds. The smallest absolute Gasteiger partial charge is 0.0938 e. The highest BCUT2D eigenvalue weighted by molar-refractivity contribution is 9.10. The van der Waals surface area contributed by atoms with Crippen molar-refractivity contribution in [3.8, 4) is 0 Å². The summed E-state index contributed by atoms with van der Waals surface area (Å²) in [5, 5.41) is 0. The van der Waals surface area contributed by atoms with Gasteiger partial charge in [-0.05, 0) is 30.2 Å². The molecule has 0 aliphatic rings. The first kappa shape index (κ1) is 9.67. The van der Waals surface area contributed by atoms with E-state index in [1.165, 1.54) is 0 Å². The normalized spacial score (nSPS) is 13.0. The van der Waals surface area contributed by atoms with Crippen LogP contribution in [0.1, 0.15) is 17.3 Å². The molecule has 12 heavy (non-hydrogen) atoms. The van der Waals surface area contributed by atoms with Gasteiger partial charge < -0.3 is 5.73 Å². The molecule has 0 aromatic heterocycles. The van der Waals surface area contributed by atoms with Crippen molar-refractivity contribution in [3.63, 3.8) is 0 Å². The average Bonchev–Trinajstić information content (AvgIpc) is 2.08. The van der Waals surface area contributed by atoms with Crippen LogP contribution >= 0.6 is 15.9 Å². The van der Waals surface area contributed by atoms with E-state index < -0.39 is 0 Å². The summed E-state index contributed by atoms with van der Waals surface area (Å²) in [6, 6.07) is 5.93. The molecule has 0 heterocycles. The van der Waals surface area contributed by atoms with Crippen LogP contribution in [0.4, 0.5) is 0 Å². The van der Waals surface area contributed by atoms with E-state index in [2.05, 4.69) is 21.4 Å². The molecule has 5 N–H and O–H groups in total. The van der Waals surface area contributed by atoms with Crippen LogP contribution < -0.4 is 17.0 Å². The third-order valence-corrected chi connectivity index (χ3v) is 2.25. The molecule has 0 radical (unpaired) electrons. The third kappa shape index (κ3) is 2.04. The van der Waals surface area contributed by atoms with Gasteiger partial charge in [-0.1, -0.05) is 22.0 Å². The number of benzene rings is 1. The van der Waals surface area contributed by atoms with Crippen molar-refractivity contribution in [2.24, 2.45) is 11.6 Å². The van der Waals surface area contributed by atoms with Crippen molar-refractivity contribution in [1.82, 2.24) is 5.43 Å². The van der Waals surface area contributed by atoms with Gasteiger partial charge in [0.15, 0.2) is 0 Å². The van der Waals surface area contributed by atoms with Gasteiger partial charge in [0.25, 0.3) is 0 Å². The summed E-state index contributed by atoms with van der Waals surface area (Å²) in [5.74, 6) is 5.23. The van der Waals surface area contributed by atoms with E-state index in [9.17, 15) is 0 Å². The second-order valence-corrected chi connectivity index (χ2v) is 3.56. The molecule has 1 aromatic carbocycles. The number of rotatable bonds is 2. The highest BCUT2D eigenvalue weighted by atomic mass is 79.9. The van der Waals surface area contributed by atoms with Crippen LogP contribution in [0.3, 0.4) is 0 Å². The van der Waals surface area contributed by atoms with Crippen molar-refractivity contribution in [3.05, 3.63) is 33.8 Å². The third-order valence-electron chi connectivity index (χ3n) is 1.76. The fourth-order valence-corrected chi connectivity index (χ4v) is 1.41. The number of hydrazine groups is 1. The Morgan fingerprint density at radius 2 is 2.17 bits per heavy atom. The minimum absolute atomic E-state index is 0.303. The van der Waals surface area contributed by atoms with E-state index in [-0.39, 0.29) is 6.17 Å². The van der Waals surface area contributed by atoms with Gasteiger partial charge in [-0.3, -0.25) is 5.84 Å². The van der Waals surface area contributed by atoms with Crippen LogP contribution in [0.2, 0.25) is 0 Å². The quantitative estimate of drug-likeness (QED) is 0.406. The zero-order valence-corrected chi connectivity index (χ0v) is 8.43. The lowest BCUT2D eigenvalue weighted by molar-refractivity contribution is 0.574. The highest BCUT2D eigenvalue weighted by Crippen LogP contribution is 2.18. The van der Waals surface area contributed by atoms with Crippen molar-refractivity contribution in [2.45, 2.75) is 13.1 Å². The summed E-state index contributed by atoms with van der Waals surface area (Å²) >= 11 is 3.37. The number of nitrogens with two attached hydrogens (primary N) is 2. The Morgan fingerprint density at radius 1 is 1.50 bits per heavy atom. The number of hydrogen-bond donors (Lipinski definition) is 3. The van der Waals surface area contributed by atoms with Gasteiger partial charge >= 0.3 is 0 Å². The minimum Gasteiger partial charge on any atom is -0.311 e. The van der Waals surface area contributed by atoms with Crippen molar-refractivity contribution in [2.75, 3.05) is 0 Å². The molecule has 0 aliphatic heterocycles. The van der Waals surface area contributed by atoms with Crippen molar-refractivity contribution < 1.29 is 0 Å².